The topological polar surface area (TPSA) is 61.6 Å². The second kappa shape index (κ2) is 6.76. The second-order valence-corrected chi connectivity index (χ2v) is 3.93. The van der Waals surface area contributed by atoms with Crippen LogP contribution in [-0.2, 0) is 4.79 Å². The van der Waals surface area contributed by atoms with Gasteiger partial charge in [-0.25, -0.2) is 0 Å². The summed E-state index contributed by atoms with van der Waals surface area (Å²) in [6, 6.07) is 0. The lowest BCUT2D eigenvalue weighted by Gasteiger charge is -2.29. The van der Waals surface area contributed by atoms with E-state index in [-0.39, 0.29) is 5.91 Å². The fourth-order valence-corrected chi connectivity index (χ4v) is 1.79. The molecule has 0 aromatic rings. The maximum Gasteiger partial charge on any atom is 0.231 e. The van der Waals surface area contributed by atoms with Gasteiger partial charge >= 0.3 is 0 Å². The van der Waals surface area contributed by atoms with Crippen molar-refractivity contribution in [2.24, 2.45) is 5.73 Å². The Bertz CT molecular complexity index is 192. The highest BCUT2D eigenvalue weighted by atomic mass is 16.1. The molecule has 0 spiro atoms. The first-order valence-corrected chi connectivity index (χ1v) is 5.66. The van der Waals surface area contributed by atoms with E-state index >= 15 is 0 Å². The van der Waals surface area contributed by atoms with E-state index in [1.165, 1.54) is 0 Å². The molecule has 1 amide bonds. The van der Waals surface area contributed by atoms with Gasteiger partial charge in [0.05, 0.1) is 6.54 Å². The van der Waals surface area contributed by atoms with Crippen molar-refractivity contribution in [1.82, 2.24) is 15.1 Å². The number of carbonyl (C=O) groups is 1. The Morgan fingerprint density at radius 1 is 1.47 bits per heavy atom. The minimum absolute atomic E-state index is 0.239. The van der Waals surface area contributed by atoms with Crippen LogP contribution in [0.5, 0.6) is 0 Å². The molecular formula is C10H22N4O. The zero-order valence-electron chi connectivity index (χ0n) is 9.54. The summed E-state index contributed by atoms with van der Waals surface area (Å²) in [6.45, 7) is 9.63. The van der Waals surface area contributed by atoms with E-state index in [0.29, 0.717) is 6.54 Å². The maximum absolute atomic E-state index is 10.8. The van der Waals surface area contributed by atoms with E-state index in [4.69, 9.17) is 5.73 Å². The average molecular weight is 214 g/mol. The van der Waals surface area contributed by atoms with Gasteiger partial charge in [0.15, 0.2) is 0 Å². The summed E-state index contributed by atoms with van der Waals surface area (Å²) < 4.78 is 0. The molecule has 5 nitrogen and oxygen atoms in total. The normalized spacial score (nSPS) is 18.3. The van der Waals surface area contributed by atoms with Crippen LogP contribution in [0.15, 0.2) is 0 Å². The van der Waals surface area contributed by atoms with Gasteiger partial charge in [-0.2, -0.15) is 0 Å². The Kier molecular flexibility index (Phi) is 5.60. The number of hydrogen-bond acceptors (Lipinski definition) is 4. The third-order valence-electron chi connectivity index (χ3n) is 2.77. The zero-order valence-corrected chi connectivity index (χ0v) is 9.54. The molecule has 0 radical (unpaired) electrons. The number of primary amides is 1. The van der Waals surface area contributed by atoms with Crippen molar-refractivity contribution in [3.8, 4) is 0 Å². The van der Waals surface area contributed by atoms with Gasteiger partial charge in [-0.1, -0.05) is 6.92 Å². The van der Waals surface area contributed by atoms with Gasteiger partial charge in [0.25, 0.3) is 0 Å². The molecule has 0 aliphatic carbocycles. The van der Waals surface area contributed by atoms with Gasteiger partial charge in [0, 0.05) is 39.3 Å². The van der Waals surface area contributed by atoms with E-state index < -0.39 is 0 Å². The summed E-state index contributed by atoms with van der Waals surface area (Å²) in [4.78, 5) is 15.3. The lowest BCUT2D eigenvalue weighted by molar-refractivity contribution is -0.119. The van der Waals surface area contributed by atoms with Crippen LogP contribution < -0.4 is 11.1 Å². The van der Waals surface area contributed by atoms with Crippen LogP contribution in [0.1, 0.15) is 6.92 Å². The molecule has 1 aliphatic rings. The van der Waals surface area contributed by atoms with Gasteiger partial charge in [-0.05, 0) is 6.54 Å². The minimum atomic E-state index is -0.239. The second-order valence-electron chi connectivity index (χ2n) is 3.93. The van der Waals surface area contributed by atoms with Gasteiger partial charge in [0.2, 0.25) is 5.91 Å². The largest absolute Gasteiger partial charge is 0.369 e. The van der Waals surface area contributed by atoms with Gasteiger partial charge in [0.1, 0.15) is 0 Å². The molecule has 0 atom stereocenters. The fourth-order valence-electron chi connectivity index (χ4n) is 1.79. The Hall–Kier alpha value is -0.650. The number of carbonyl (C=O) groups excluding carboxylic acids is 1. The van der Waals surface area contributed by atoms with Crippen LogP contribution in [0.25, 0.3) is 0 Å². The average Bonchev–Trinajstić information content (AvgIpc) is 2.25. The van der Waals surface area contributed by atoms with Crippen molar-refractivity contribution in [3.63, 3.8) is 0 Å². The molecule has 1 fully saturated rings. The number of hydrogen-bond donors (Lipinski definition) is 2. The minimum Gasteiger partial charge on any atom is -0.369 e. The molecule has 1 rings (SSSR count). The first kappa shape index (κ1) is 12.4. The van der Waals surface area contributed by atoms with Crippen molar-refractivity contribution in [3.05, 3.63) is 0 Å². The lowest BCUT2D eigenvalue weighted by atomic mass is 10.3. The molecule has 0 aromatic carbocycles. The highest BCUT2D eigenvalue weighted by Crippen LogP contribution is 1.94. The number of rotatable bonds is 6. The van der Waals surface area contributed by atoms with Crippen molar-refractivity contribution in [2.75, 3.05) is 52.4 Å². The predicted octanol–water partition coefficient (Wildman–Crippen LogP) is -1.30. The summed E-state index contributed by atoms with van der Waals surface area (Å²) in [6.07, 6.45) is 0. The van der Waals surface area contributed by atoms with E-state index in [0.717, 1.165) is 45.8 Å². The highest BCUT2D eigenvalue weighted by molar-refractivity contribution is 5.75. The van der Waals surface area contributed by atoms with Crippen LogP contribution in [-0.4, -0.2) is 68.1 Å². The number of likely N-dealkylation sites (N-methyl/N-ethyl adjacent to an activating group) is 1. The zero-order chi connectivity index (χ0) is 11.1. The van der Waals surface area contributed by atoms with Crippen LogP contribution in [0, 0.1) is 0 Å². The number of nitrogens with one attached hydrogen (secondary N) is 1. The third-order valence-corrected chi connectivity index (χ3v) is 2.77. The standard InChI is InChI=1S/C10H22N4O/c1-2-13(9-10(11)15)7-8-14-5-3-12-4-6-14/h12H,2-9H2,1H3,(H2,11,15). The summed E-state index contributed by atoms with van der Waals surface area (Å²) >= 11 is 0. The molecule has 1 heterocycles. The maximum atomic E-state index is 10.8. The molecule has 88 valence electrons. The van der Waals surface area contributed by atoms with Crippen LogP contribution in [0.2, 0.25) is 0 Å². The van der Waals surface area contributed by atoms with E-state index in [9.17, 15) is 4.79 Å². The molecule has 0 saturated carbocycles. The Morgan fingerprint density at radius 3 is 2.67 bits per heavy atom. The Balaban J connectivity index is 2.17. The molecular weight excluding hydrogens is 192 g/mol. The van der Waals surface area contributed by atoms with Crippen molar-refractivity contribution >= 4 is 5.91 Å². The number of piperazine rings is 1. The number of nitrogens with zero attached hydrogens (tertiary/aromatic N) is 2. The SMILES string of the molecule is CCN(CCN1CCNCC1)CC(N)=O. The molecule has 5 heteroatoms. The summed E-state index contributed by atoms with van der Waals surface area (Å²) in [5.74, 6) is -0.239. The third kappa shape index (κ3) is 5.11. The Morgan fingerprint density at radius 2 is 2.13 bits per heavy atom. The predicted molar refractivity (Wildman–Crippen MR) is 60.6 cm³/mol. The highest BCUT2D eigenvalue weighted by Gasteiger charge is 2.11. The van der Waals surface area contributed by atoms with Crippen LogP contribution >= 0.6 is 0 Å². The molecule has 0 bridgehead atoms. The monoisotopic (exact) mass is 214 g/mol. The van der Waals surface area contributed by atoms with Crippen molar-refractivity contribution < 1.29 is 4.79 Å². The first-order valence-electron chi connectivity index (χ1n) is 5.66. The molecule has 0 unspecified atom stereocenters. The first-order chi connectivity index (χ1) is 7.22. The van der Waals surface area contributed by atoms with Crippen molar-refractivity contribution in [2.45, 2.75) is 6.92 Å². The summed E-state index contributed by atoms with van der Waals surface area (Å²) in [5, 5.41) is 3.32. The summed E-state index contributed by atoms with van der Waals surface area (Å²) in [5.41, 5.74) is 5.17. The number of amides is 1. The quantitative estimate of drug-likeness (QED) is 0.577. The van der Waals surface area contributed by atoms with Crippen molar-refractivity contribution in [1.29, 1.82) is 0 Å². The molecule has 1 saturated heterocycles. The fraction of sp³-hybridized carbons (Fsp3) is 0.900. The van der Waals surface area contributed by atoms with Crippen LogP contribution in [0.4, 0.5) is 0 Å². The molecule has 0 aromatic heterocycles. The van der Waals surface area contributed by atoms with E-state index in [1.807, 2.05) is 0 Å². The molecule has 15 heavy (non-hydrogen) atoms. The Labute approximate surface area is 91.6 Å². The summed E-state index contributed by atoms with van der Waals surface area (Å²) in [7, 11) is 0. The van der Waals surface area contributed by atoms with Gasteiger partial charge < -0.3 is 11.1 Å². The van der Waals surface area contributed by atoms with Gasteiger partial charge in [-0.3, -0.25) is 14.6 Å². The smallest absolute Gasteiger partial charge is 0.231 e. The number of nitrogens with two attached hydrogens (primary N) is 1. The molecule has 1 aliphatic heterocycles. The van der Waals surface area contributed by atoms with E-state index in [1.54, 1.807) is 0 Å². The van der Waals surface area contributed by atoms with Gasteiger partial charge in [-0.15, -0.1) is 0 Å². The van der Waals surface area contributed by atoms with E-state index in [2.05, 4.69) is 22.0 Å². The molecule has 3 N–H and O–H groups in total. The van der Waals surface area contributed by atoms with Crippen LogP contribution in [0.3, 0.4) is 0 Å². The lowest BCUT2D eigenvalue weighted by Crippen LogP contribution is -2.47.